The molecule has 0 amide bonds. The van der Waals surface area contributed by atoms with E-state index in [4.69, 9.17) is 0 Å². The average Bonchev–Trinajstić information content (AvgIpc) is 3.37. The van der Waals surface area contributed by atoms with Gasteiger partial charge in [0.2, 0.25) is 0 Å². The van der Waals surface area contributed by atoms with Crippen molar-refractivity contribution in [1.29, 1.82) is 0 Å². The summed E-state index contributed by atoms with van der Waals surface area (Å²) in [6.07, 6.45) is 0. The van der Waals surface area contributed by atoms with Crippen molar-refractivity contribution in [3.8, 4) is 9.75 Å². The molecule has 0 saturated heterocycles. The normalized spacial score (nSPS) is 12.7. The van der Waals surface area contributed by atoms with Crippen LogP contribution < -0.4 is 0 Å². The summed E-state index contributed by atoms with van der Waals surface area (Å²) in [6.45, 7) is 4.52. The van der Waals surface area contributed by atoms with Crippen LogP contribution in [0.1, 0.15) is 11.1 Å². The Morgan fingerprint density at radius 2 is 0.938 bits per heavy atom. The highest BCUT2D eigenvalue weighted by Crippen LogP contribution is 2.52. The van der Waals surface area contributed by atoms with Gasteiger partial charge in [-0.15, -0.1) is 22.7 Å². The van der Waals surface area contributed by atoms with Gasteiger partial charge in [-0.25, -0.2) is 0 Å². The molecule has 0 aliphatic carbocycles. The second kappa shape index (κ2) is 5.78. The van der Waals surface area contributed by atoms with Crippen molar-refractivity contribution in [2.45, 2.75) is 13.8 Å². The van der Waals surface area contributed by atoms with E-state index in [1.165, 1.54) is 84.1 Å². The molecule has 0 spiro atoms. The number of thiophene rings is 2. The molecule has 6 aromatic carbocycles. The first-order valence-corrected chi connectivity index (χ1v) is 12.7. The molecule has 0 nitrogen and oxygen atoms in total. The molecule has 0 saturated carbocycles. The van der Waals surface area contributed by atoms with Gasteiger partial charge in [0.05, 0.1) is 9.75 Å². The van der Waals surface area contributed by atoms with Crippen molar-refractivity contribution in [1.82, 2.24) is 0 Å². The molecule has 2 heteroatoms. The Morgan fingerprint density at radius 3 is 1.41 bits per heavy atom. The van der Waals surface area contributed by atoms with Gasteiger partial charge >= 0.3 is 0 Å². The van der Waals surface area contributed by atoms with Crippen LogP contribution in [0.15, 0.2) is 72.8 Å². The van der Waals surface area contributed by atoms with Gasteiger partial charge in [-0.2, -0.15) is 0 Å². The summed E-state index contributed by atoms with van der Waals surface area (Å²) in [6, 6.07) is 27.5. The summed E-state index contributed by atoms with van der Waals surface area (Å²) in [5.74, 6) is 0. The van der Waals surface area contributed by atoms with Gasteiger partial charge in [-0.05, 0) is 81.6 Å². The largest absolute Gasteiger partial charge is 0.134 e. The van der Waals surface area contributed by atoms with Crippen molar-refractivity contribution < 1.29 is 0 Å². The maximum absolute atomic E-state index is 2.43. The van der Waals surface area contributed by atoms with Crippen LogP contribution in [0.5, 0.6) is 0 Å². The van der Waals surface area contributed by atoms with Crippen molar-refractivity contribution in [2.24, 2.45) is 0 Å². The van der Waals surface area contributed by atoms with Crippen LogP contribution in [0, 0.1) is 13.8 Å². The molecule has 0 bridgehead atoms. The molecular weight excluding hydrogens is 424 g/mol. The summed E-state index contributed by atoms with van der Waals surface area (Å²) in [5.41, 5.74) is 2.73. The number of rotatable bonds is 1. The minimum Gasteiger partial charge on any atom is -0.134 e. The van der Waals surface area contributed by atoms with Crippen LogP contribution in [-0.4, -0.2) is 0 Å². The van der Waals surface area contributed by atoms with E-state index in [1.807, 2.05) is 22.7 Å². The van der Waals surface area contributed by atoms with Crippen LogP contribution in [0.25, 0.3) is 73.0 Å². The fraction of sp³-hybridized carbons (Fsp3) is 0.0667. The van der Waals surface area contributed by atoms with Crippen LogP contribution in [0.4, 0.5) is 0 Å². The summed E-state index contributed by atoms with van der Waals surface area (Å²) in [5, 5.41) is 14.0. The van der Waals surface area contributed by atoms with E-state index in [2.05, 4.69) is 86.6 Å². The first kappa shape index (κ1) is 17.4. The van der Waals surface area contributed by atoms with E-state index in [-0.39, 0.29) is 0 Å². The minimum absolute atomic E-state index is 1.34. The van der Waals surface area contributed by atoms with E-state index < -0.39 is 0 Å². The first-order chi connectivity index (χ1) is 15.7. The molecule has 8 aromatic rings. The van der Waals surface area contributed by atoms with E-state index in [1.54, 1.807) is 0 Å². The van der Waals surface area contributed by atoms with Crippen LogP contribution in [0.2, 0.25) is 0 Å². The molecule has 0 unspecified atom stereocenters. The third-order valence-electron chi connectivity index (χ3n) is 7.24. The maximum atomic E-state index is 2.43. The summed E-state index contributed by atoms with van der Waals surface area (Å²) >= 11 is 3.92. The zero-order valence-electron chi connectivity index (χ0n) is 17.7. The minimum atomic E-state index is 1.34. The van der Waals surface area contributed by atoms with Crippen molar-refractivity contribution in [3.05, 3.63) is 83.9 Å². The number of hydrogen-bond donors (Lipinski definition) is 0. The second-order valence-electron chi connectivity index (χ2n) is 9.03. The summed E-state index contributed by atoms with van der Waals surface area (Å²) < 4.78 is 2.79. The molecule has 0 radical (unpaired) electrons. The zero-order valence-corrected chi connectivity index (χ0v) is 19.4. The molecular formula is C30H18S2. The fourth-order valence-corrected chi connectivity index (χ4v) is 8.38. The number of benzene rings is 6. The predicted octanol–water partition coefficient (Wildman–Crippen LogP) is 9.89. The molecule has 2 aromatic heterocycles. The highest BCUT2D eigenvalue weighted by molar-refractivity contribution is 7.30. The van der Waals surface area contributed by atoms with Gasteiger partial charge in [0, 0.05) is 30.9 Å². The fourth-order valence-electron chi connectivity index (χ4n) is 5.84. The molecule has 0 fully saturated rings. The summed E-state index contributed by atoms with van der Waals surface area (Å²) in [7, 11) is 0. The SMILES string of the molecule is Cc1cc2c(-c3sc4ccc5cccc6c(C)cc3c4c56)sc3ccc4cccc1c4c32. The molecule has 0 aliphatic heterocycles. The lowest BCUT2D eigenvalue weighted by Crippen LogP contribution is -1.84. The van der Waals surface area contributed by atoms with E-state index in [0.29, 0.717) is 0 Å². The lowest BCUT2D eigenvalue weighted by Gasteiger charge is -2.10. The summed E-state index contributed by atoms with van der Waals surface area (Å²) in [4.78, 5) is 2.85. The lowest BCUT2D eigenvalue weighted by molar-refractivity contribution is 1.56. The first-order valence-electron chi connectivity index (χ1n) is 11.0. The smallest absolute Gasteiger partial charge is 0.0534 e. The predicted molar refractivity (Wildman–Crippen MR) is 145 cm³/mol. The van der Waals surface area contributed by atoms with Gasteiger partial charge < -0.3 is 0 Å². The molecule has 32 heavy (non-hydrogen) atoms. The zero-order chi connectivity index (χ0) is 21.1. The molecule has 0 N–H and O–H groups in total. The van der Waals surface area contributed by atoms with E-state index in [9.17, 15) is 0 Å². The molecule has 8 rings (SSSR count). The third kappa shape index (κ3) is 1.98. The van der Waals surface area contributed by atoms with Gasteiger partial charge in [-0.1, -0.05) is 48.5 Å². The second-order valence-corrected chi connectivity index (χ2v) is 11.1. The van der Waals surface area contributed by atoms with Crippen molar-refractivity contribution in [3.63, 3.8) is 0 Å². The molecule has 0 aliphatic rings. The Kier molecular flexibility index (Phi) is 3.13. The van der Waals surface area contributed by atoms with Crippen LogP contribution >= 0.6 is 22.7 Å². The molecule has 2 heterocycles. The lowest BCUT2D eigenvalue weighted by atomic mass is 9.93. The van der Waals surface area contributed by atoms with Gasteiger partial charge in [0.1, 0.15) is 0 Å². The number of hydrogen-bond acceptors (Lipinski definition) is 2. The molecule has 150 valence electrons. The van der Waals surface area contributed by atoms with Crippen molar-refractivity contribution in [2.75, 3.05) is 0 Å². The van der Waals surface area contributed by atoms with Gasteiger partial charge in [0.25, 0.3) is 0 Å². The highest BCUT2D eigenvalue weighted by atomic mass is 32.1. The molecule has 0 atom stereocenters. The van der Waals surface area contributed by atoms with Crippen molar-refractivity contribution >= 4 is 85.9 Å². The Morgan fingerprint density at radius 1 is 0.469 bits per heavy atom. The quantitative estimate of drug-likeness (QED) is 0.237. The van der Waals surface area contributed by atoms with Gasteiger partial charge in [-0.3, -0.25) is 0 Å². The van der Waals surface area contributed by atoms with E-state index in [0.717, 1.165) is 0 Å². The van der Waals surface area contributed by atoms with E-state index >= 15 is 0 Å². The Balaban J connectivity index is 1.59. The standard InChI is InChI=1S/C30H18S2/c1-15-13-21-27-23(11-9-17-5-3-7-19(15)25(17)27)31-29(21)30-22-14-16(2)20-8-4-6-18-10-12-24(32-30)28(22)26(18)20/h3-14H,1-2H3. The van der Waals surface area contributed by atoms with Crippen LogP contribution in [0.3, 0.4) is 0 Å². The number of aryl methyl sites for hydroxylation is 2. The topological polar surface area (TPSA) is 0 Å². The van der Waals surface area contributed by atoms with Gasteiger partial charge in [0.15, 0.2) is 0 Å². The highest BCUT2D eigenvalue weighted by Gasteiger charge is 2.22. The Hall–Kier alpha value is -3.20. The third-order valence-corrected chi connectivity index (χ3v) is 9.75. The monoisotopic (exact) mass is 442 g/mol. The maximum Gasteiger partial charge on any atom is 0.0534 e. The Labute approximate surface area is 193 Å². The Bertz CT molecular complexity index is 1850. The van der Waals surface area contributed by atoms with Crippen LogP contribution in [-0.2, 0) is 0 Å². The average molecular weight is 443 g/mol.